The second-order valence-electron chi connectivity index (χ2n) is 7.08. The Hall–Kier alpha value is -2.54. The molecule has 0 aliphatic heterocycles. The monoisotopic (exact) mass is 404 g/mol. The molecule has 0 fully saturated rings. The van der Waals surface area contributed by atoms with Crippen LogP contribution in [0.3, 0.4) is 0 Å². The molecule has 28 heavy (non-hydrogen) atoms. The van der Waals surface area contributed by atoms with Crippen LogP contribution in [0.5, 0.6) is 5.75 Å². The van der Waals surface area contributed by atoms with E-state index in [2.05, 4.69) is 5.32 Å². The molecule has 152 valence electrons. The molecule has 0 spiro atoms. The van der Waals surface area contributed by atoms with Gasteiger partial charge in [-0.25, -0.2) is 8.42 Å². The average molecular weight is 405 g/mol. The van der Waals surface area contributed by atoms with E-state index in [1.54, 1.807) is 12.1 Å². The lowest BCUT2D eigenvalue weighted by Gasteiger charge is -2.24. The summed E-state index contributed by atoms with van der Waals surface area (Å²) in [4.78, 5) is 12.6. The number of para-hydroxylation sites is 1. The third-order valence-corrected chi connectivity index (χ3v) is 5.31. The third-order valence-electron chi connectivity index (χ3n) is 4.18. The number of hydrogen-bond donors (Lipinski definition) is 1. The summed E-state index contributed by atoms with van der Waals surface area (Å²) in [5, 5.41) is 2.87. The molecular formula is C21H28N2O4S. The molecule has 7 heteroatoms. The average Bonchev–Trinajstić information content (AvgIpc) is 2.59. The molecule has 6 nitrogen and oxygen atoms in total. The maximum absolute atomic E-state index is 12.6. The number of hydrogen-bond acceptors (Lipinski definition) is 4. The lowest BCUT2D eigenvalue weighted by atomic mass is 10.1. The van der Waals surface area contributed by atoms with E-state index in [-0.39, 0.29) is 24.6 Å². The van der Waals surface area contributed by atoms with Crippen molar-refractivity contribution in [1.82, 2.24) is 5.32 Å². The van der Waals surface area contributed by atoms with Gasteiger partial charge in [0, 0.05) is 0 Å². The van der Waals surface area contributed by atoms with Crippen LogP contribution in [0, 0.1) is 6.92 Å². The SMILES string of the molecule is Cc1ccccc1N(CC(=O)NC(C)c1cccc(OC(C)C)c1)S(C)(=O)=O. The summed E-state index contributed by atoms with van der Waals surface area (Å²) in [6.07, 6.45) is 1.15. The third kappa shape index (κ3) is 5.99. The molecule has 0 aromatic heterocycles. The van der Waals surface area contributed by atoms with Gasteiger partial charge in [-0.15, -0.1) is 0 Å². The molecule has 0 aliphatic carbocycles. The summed E-state index contributed by atoms with van der Waals surface area (Å²) in [5.41, 5.74) is 2.17. The van der Waals surface area contributed by atoms with Crippen LogP contribution >= 0.6 is 0 Å². The topological polar surface area (TPSA) is 75.7 Å². The van der Waals surface area contributed by atoms with Crippen LogP contribution in [-0.2, 0) is 14.8 Å². The van der Waals surface area contributed by atoms with Gasteiger partial charge < -0.3 is 10.1 Å². The molecule has 0 bridgehead atoms. The van der Waals surface area contributed by atoms with E-state index >= 15 is 0 Å². The van der Waals surface area contributed by atoms with Crippen LogP contribution in [0.2, 0.25) is 0 Å². The second kappa shape index (κ2) is 9.10. The zero-order valence-corrected chi connectivity index (χ0v) is 17.8. The van der Waals surface area contributed by atoms with Crippen molar-refractivity contribution in [3.8, 4) is 5.75 Å². The van der Waals surface area contributed by atoms with Crippen molar-refractivity contribution in [2.75, 3.05) is 17.1 Å². The number of carbonyl (C=O) groups is 1. The summed E-state index contributed by atoms with van der Waals surface area (Å²) in [6.45, 7) is 7.28. The maximum Gasteiger partial charge on any atom is 0.241 e. The fourth-order valence-electron chi connectivity index (χ4n) is 2.85. The van der Waals surface area contributed by atoms with Gasteiger partial charge in [0.2, 0.25) is 15.9 Å². The summed E-state index contributed by atoms with van der Waals surface area (Å²) in [7, 11) is -3.60. The predicted octanol–water partition coefficient (Wildman–Crippen LogP) is 3.43. The van der Waals surface area contributed by atoms with Gasteiger partial charge in [-0.1, -0.05) is 30.3 Å². The Morgan fingerprint density at radius 3 is 2.39 bits per heavy atom. The van der Waals surface area contributed by atoms with Crippen LogP contribution in [-0.4, -0.2) is 33.2 Å². The normalized spacial score (nSPS) is 12.5. The highest BCUT2D eigenvalue weighted by Crippen LogP contribution is 2.23. The number of ether oxygens (including phenoxy) is 1. The summed E-state index contributed by atoms with van der Waals surface area (Å²) in [5.74, 6) is 0.350. The first-order chi connectivity index (χ1) is 13.1. The van der Waals surface area contributed by atoms with Crippen molar-refractivity contribution in [1.29, 1.82) is 0 Å². The molecule has 0 saturated heterocycles. The van der Waals surface area contributed by atoms with E-state index < -0.39 is 10.0 Å². The maximum atomic E-state index is 12.6. The van der Waals surface area contributed by atoms with Crippen LogP contribution < -0.4 is 14.4 Å². The van der Waals surface area contributed by atoms with Crippen LogP contribution in [0.15, 0.2) is 48.5 Å². The number of carbonyl (C=O) groups excluding carboxylic acids is 1. The quantitative estimate of drug-likeness (QED) is 0.731. The number of nitrogens with zero attached hydrogens (tertiary/aromatic N) is 1. The van der Waals surface area contributed by atoms with E-state index in [0.29, 0.717) is 5.69 Å². The molecule has 0 aliphatic rings. The van der Waals surface area contributed by atoms with Gasteiger partial charge in [-0.05, 0) is 57.0 Å². The van der Waals surface area contributed by atoms with Gasteiger partial charge >= 0.3 is 0 Å². The fourth-order valence-corrected chi connectivity index (χ4v) is 3.77. The van der Waals surface area contributed by atoms with Crippen LogP contribution in [0.1, 0.15) is 37.9 Å². The molecule has 2 rings (SSSR count). The Balaban J connectivity index is 2.14. The predicted molar refractivity (Wildman–Crippen MR) is 112 cm³/mol. The van der Waals surface area contributed by atoms with Gasteiger partial charge in [0.05, 0.1) is 24.1 Å². The Labute approximate surface area is 167 Å². The first-order valence-electron chi connectivity index (χ1n) is 9.17. The first kappa shape index (κ1) is 21.8. The largest absolute Gasteiger partial charge is 0.491 e. The lowest BCUT2D eigenvalue weighted by molar-refractivity contribution is -0.120. The Kier molecular flexibility index (Phi) is 7.07. The molecule has 0 radical (unpaired) electrons. The zero-order chi connectivity index (χ0) is 20.9. The van der Waals surface area contributed by atoms with Gasteiger partial charge in [0.1, 0.15) is 12.3 Å². The minimum absolute atomic E-state index is 0.0533. The molecule has 2 aromatic rings. The number of nitrogens with one attached hydrogen (secondary N) is 1. The minimum atomic E-state index is -3.60. The van der Waals surface area contributed by atoms with Crippen LogP contribution in [0.25, 0.3) is 0 Å². The molecule has 1 amide bonds. The molecule has 1 N–H and O–H groups in total. The molecule has 0 saturated carbocycles. The lowest BCUT2D eigenvalue weighted by Crippen LogP contribution is -2.41. The van der Waals surface area contributed by atoms with Crippen LogP contribution in [0.4, 0.5) is 5.69 Å². The van der Waals surface area contributed by atoms with E-state index in [1.165, 1.54) is 0 Å². The Morgan fingerprint density at radius 1 is 1.11 bits per heavy atom. The highest BCUT2D eigenvalue weighted by Gasteiger charge is 2.23. The number of benzene rings is 2. The molecule has 0 heterocycles. The van der Waals surface area contributed by atoms with Gasteiger partial charge in [0.15, 0.2) is 0 Å². The van der Waals surface area contributed by atoms with E-state index in [1.807, 2.05) is 64.1 Å². The standard InChI is InChI=1S/C21H28N2O4S/c1-15(2)27-19-11-8-10-18(13-19)17(4)22-21(24)14-23(28(5,25)26)20-12-7-6-9-16(20)3/h6-13,15,17H,14H2,1-5H3,(H,22,24). The van der Waals surface area contributed by atoms with Crippen molar-refractivity contribution in [2.45, 2.75) is 39.8 Å². The highest BCUT2D eigenvalue weighted by atomic mass is 32.2. The van der Waals surface area contributed by atoms with Gasteiger partial charge in [-0.3, -0.25) is 9.10 Å². The van der Waals surface area contributed by atoms with Gasteiger partial charge in [-0.2, -0.15) is 0 Å². The Morgan fingerprint density at radius 2 is 1.79 bits per heavy atom. The van der Waals surface area contributed by atoms with Crippen molar-refractivity contribution in [2.24, 2.45) is 0 Å². The second-order valence-corrected chi connectivity index (χ2v) is 8.99. The molecule has 1 atom stereocenters. The number of rotatable bonds is 8. The number of anilines is 1. The summed E-state index contributed by atoms with van der Waals surface area (Å²) in [6, 6.07) is 14.3. The Bertz CT molecular complexity index is 926. The molecular weight excluding hydrogens is 376 g/mol. The van der Waals surface area contributed by atoms with Gasteiger partial charge in [0.25, 0.3) is 0 Å². The minimum Gasteiger partial charge on any atom is -0.491 e. The fraction of sp³-hybridized carbons (Fsp3) is 0.381. The van der Waals surface area contributed by atoms with E-state index in [0.717, 1.165) is 27.4 Å². The van der Waals surface area contributed by atoms with Crippen molar-refractivity contribution in [3.05, 3.63) is 59.7 Å². The van der Waals surface area contributed by atoms with Crippen molar-refractivity contribution < 1.29 is 17.9 Å². The summed E-state index contributed by atoms with van der Waals surface area (Å²) >= 11 is 0. The first-order valence-corrected chi connectivity index (χ1v) is 11.0. The van der Waals surface area contributed by atoms with Crippen molar-refractivity contribution >= 4 is 21.6 Å². The molecule has 1 unspecified atom stereocenters. The van der Waals surface area contributed by atoms with Crippen molar-refractivity contribution in [3.63, 3.8) is 0 Å². The number of sulfonamides is 1. The number of amides is 1. The van der Waals surface area contributed by atoms with E-state index in [9.17, 15) is 13.2 Å². The number of aryl methyl sites for hydroxylation is 1. The van der Waals surface area contributed by atoms with E-state index in [4.69, 9.17) is 4.74 Å². The zero-order valence-electron chi connectivity index (χ0n) is 17.0. The smallest absolute Gasteiger partial charge is 0.241 e. The summed E-state index contributed by atoms with van der Waals surface area (Å²) < 4.78 is 31.3. The highest BCUT2D eigenvalue weighted by molar-refractivity contribution is 7.92. The molecule has 2 aromatic carbocycles.